The molecule has 1 aliphatic carbocycles. The van der Waals surface area contributed by atoms with Gasteiger partial charge in [0.2, 0.25) is 8.32 Å². The van der Waals surface area contributed by atoms with Crippen LogP contribution in [0.3, 0.4) is 0 Å². The van der Waals surface area contributed by atoms with Gasteiger partial charge in [0.05, 0.1) is 18.4 Å². The van der Waals surface area contributed by atoms with Crippen LogP contribution in [0, 0.1) is 0 Å². The summed E-state index contributed by atoms with van der Waals surface area (Å²) in [5.41, 5.74) is 1.66. The summed E-state index contributed by atoms with van der Waals surface area (Å²) in [6.45, 7) is 17.9. The molecule has 0 aromatic heterocycles. The maximum atomic E-state index is 13.2. The van der Waals surface area contributed by atoms with E-state index in [2.05, 4.69) is 54.6 Å². The lowest BCUT2D eigenvalue weighted by Gasteiger charge is -2.36. The number of benzene rings is 1. The van der Waals surface area contributed by atoms with E-state index in [4.69, 9.17) is 9.16 Å². The molecule has 0 radical (unpaired) electrons. The molecule has 0 spiro atoms. The zero-order chi connectivity index (χ0) is 20.6. The Morgan fingerprint density at radius 3 is 2.07 bits per heavy atom. The molecule has 0 N–H and O–H groups in total. The van der Waals surface area contributed by atoms with E-state index in [9.17, 15) is 4.79 Å². The van der Waals surface area contributed by atoms with Gasteiger partial charge in [-0.2, -0.15) is 0 Å². The van der Waals surface area contributed by atoms with E-state index in [1.165, 1.54) is 0 Å². The summed E-state index contributed by atoms with van der Waals surface area (Å²) >= 11 is 0. The van der Waals surface area contributed by atoms with Crippen LogP contribution >= 0.6 is 0 Å². The first-order valence-electron chi connectivity index (χ1n) is 9.62. The van der Waals surface area contributed by atoms with Gasteiger partial charge in [0.1, 0.15) is 5.75 Å². The van der Waals surface area contributed by atoms with Crippen LogP contribution in [-0.2, 0) is 15.8 Å². The van der Waals surface area contributed by atoms with Crippen LogP contribution < -0.4 is 4.74 Å². The van der Waals surface area contributed by atoms with Crippen molar-refractivity contribution < 1.29 is 14.0 Å². The second-order valence-electron chi connectivity index (χ2n) is 9.85. The van der Waals surface area contributed by atoms with Crippen molar-refractivity contribution in [1.82, 2.24) is 4.90 Å². The van der Waals surface area contributed by atoms with E-state index in [0.29, 0.717) is 13.0 Å². The maximum absolute atomic E-state index is 13.2. The Balaban J connectivity index is 2.18. The average molecular weight is 390 g/mol. The van der Waals surface area contributed by atoms with Crippen LogP contribution in [0.25, 0.3) is 0 Å². The molecule has 0 heterocycles. The van der Waals surface area contributed by atoms with Gasteiger partial charge in [0, 0.05) is 18.5 Å². The van der Waals surface area contributed by atoms with Gasteiger partial charge < -0.3 is 14.1 Å². The highest BCUT2D eigenvalue weighted by atomic mass is 28.4. The summed E-state index contributed by atoms with van der Waals surface area (Å²) < 4.78 is 11.6. The predicted octanol–water partition coefficient (Wildman–Crippen LogP) is 5.50. The van der Waals surface area contributed by atoms with Crippen molar-refractivity contribution in [2.75, 3.05) is 7.11 Å². The third kappa shape index (κ3) is 5.16. The van der Waals surface area contributed by atoms with Gasteiger partial charge in [-0.15, -0.1) is 0 Å². The number of allylic oxidation sites excluding steroid dienone is 1. The molecule has 5 heteroatoms. The topological polar surface area (TPSA) is 38.8 Å². The van der Waals surface area contributed by atoms with E-state index < -0.39 is 8.32 Å². The third-order valence-corrected chi connectivity index (χ3v) is 9.92. The molecule has 1 aliphatic rings. The minimum atomic E-state index is -1.90. The number of amides is 1. The van der Waals surface area contributed by atoms with Crippen LogP contribution in [0.2, 0.25) is 18.1 Å². The van der Waals surface area contributed by atoms with Gasteiger partial charge in [0.25, 0.3) is 5.91 Å². The number of rotatable bonds is 6. The number of carbonyl (C=O) groups is 1. The molecule has 1 amide bonds. The molecule has 2 rings (SSSR count). The number of hydrogen-bond donors (Lipinski definition) is 0. The number of hydrogen-bond acceptors (Lipinski definition) is 3. The molecule has 1 aromatic carbocycles. The Labute approximate surface area is 165 Å². The highest BCUT2D eigenvalue weighted by molar-refractivity contribution is 6.74. The van der Waals surface area contributed by atoms with Crippen LogP contribution in [-0.4, -0.2) is 31.8 Å². The van der Waals surface area contributed by atoms with Gasteiger partial charge in [-0.3, -0.25) is 4.79 Å². The molecule has 0 aliphatic heterocycles. The van der Waals surface area contributed by atoms with Gasteiger partial charge in [0.15, 0.2) is 0 Å². The molecule has 4 nitrogen and oxygen atoms in total. The molecular formula is C22H35NO3Si. The van der Waals surface area contributed by atoms with Crippen molar-refractivity contribution in [3.05, 3.63) is 41.2 Å². The highest BCUT2D eigenvalue weighted by Gasteiger charge is 2.44. The first kappa shape index (κ1) is 21.5. The van der Waals surface area contributed by atoms with Crippen LogP contribution in [0.5, 0.6) is 5.75 Å². The molecule has 0 fully saturated rings. The fraction of sp³-hybridized carbons (Fsp3) is 0.591. The van der Waals surface area contributed by atoms with Gasteiger partial charge in [-0.05, 0) is 56.6 Å². The van der Waals surface area contributed by atoms with Gasteiger partial charge in [-0.25, -0.2) is 0 Å². The molecular weight excluding hydrogens is 354 g/mol. The lowest BCUT2D eigenvalue weighted by molar-refractivity contribution is -0.132. The summed E-state index contributed by atoms with van der Waals surface area (Å²) in [5, 5.41) is 0.129. The van der Waals surface area contributed by atoms with Crippen LogP contribution in [0.1, 0.15) is 53.5 Å². The minimum absolute atomic E-state index is 0.0898. The van der Waals surface area contributed by atoms with Crippen molar-refractivity contribution in [3.63, 3.8) is 0 Å². The summed E-state index contributed by atoms with van der Waals surface area (Å²) in [6, 6.07) is 7.89. The van der Waals surface area contributed by atoms with E-state index in [-0.39, 0.29) is 16.5 Å². The third-order valence-electron chi connectivity index (χ3n) is 5.55. The fourth-order valence-corrected chi connectivity index (χ4v) is 3.68. The Kier molecular flexibility index (Phi) is 5.86. The molecule has 0 unspecified atom stereocenters. The van der Waals surface area contributed by atoms with Crippen LogP contribution in [0.15, 0.2) is 35.6 Å². The lowest BCUT2D eigenvalue weighted by Crippen LogP contribution is -2.45. The minimum Gasteiger partial charge on any atom is -0.546 e. The van der Waals surface area contributed by atoms with E-state index >= 15 is 0 Å². The monoisotopic (exact) mass is 389 g/mol. The van der Waals surface area contributed by atoms with Crippen molar-refractivity contribution in [1.29, 1.82) is 0 Å². The molecule has 0 bridgehead atoms. The molecule has 1 aromatic rings. The molecule has 0 saturated carbocycles. The first-order chi connectivity index (χ1) is 12.3. The lowest BCUT2D eigenvalue weighted by atomic mass is 10.0. The largest absolute Gasteiger partial charge is 0.546 e. The van der Waals surface area contributed by atoms with E-state index in [0.717, 1.165) is 22.6 Å². The van der Waals surface area contributed by atoms with Crippen molar-refractivity contribution in [2.45, 2.75) is 78.2 Å². The second-order valence-corrected chi connectivity index (χ2v) is 14.6. The molecule has 27 heavy (non-hydrogen) atoms. The Hall–Kier alpha value is -1.75. The first-order valence-corrected chi connectivity index (χ1v) is 12.5. The second kappa shape index (κ2) is 7.34. The summed E-state index contributed by atoms with van der Waals surface area (Å²) in [7, 11) is -0.245. The normalized spacial score (nSPS) is 14.9. The summed E-state index contributed by atoms with van der Waals surface area (Å²) in [4.78, 5) is 15.1. The fourth-order valence-electron chi connectivity index (χ4n) is 2.56. The highest BCUT2D eigenvalue weighted by Crippen LogP contribution is 2.44. The van der Waals surface area contributed by atoms with Crippen molar-refractivity contribution in [3.8, 4) is 5.75 Å². The number of methoxy groups -OCH3 is 1. The Morgan fingerprint density at radius 1 is 1.07 bits per heavy atom. The molecule has 150 valence electrons. The molecule has 0 atom stereocenters. The quantitative estimate of drug-likeness (QED) is 0.603. The smallest absolute Gasteiger partial charge is 0.254 e. The summed E-state index contributed by atoms with van der Waals surface area (Å²) in [6.07, 6.45) is 0.681. The summed E-state index contributed by atoms with van der Waals surface area (Å²) in [5.74, 6) is 1.81. The zero-order valence-electron chi connectivity index (χ0n) is 18.4. The van der Waals surface area contributed by atoms with Gasteiger partial charge in [-0.1, -0.05) is 32.9 Å². The van der Waals surface area contributed by atoms with Crippen LogP contribution in [0.4, 0.5) is 0 Å². The Bertz CT molecular complexity index is 721. The molecule has 0 saturated heterocycles. The standard InChI is InChI=1S/C22H35NO3Si/c1-21(2,3)23(15-16-10-12-17(25-7)13-11-16)20(24)18-14-19(18)26-27(8,9)22(4,5)6/h10-13H,14-15H2,1-9H3. The predicted molar refractivity (Wildman–Crippen MR) is 113 cm³/mol. The average Bonchev–Trinajstić information content (AvgIpc) is 3.28. The maximum Gasteiger partial charge on any atom is 0.254 e. The number of nitrogens with zero attached hydrogens (tertiary/aromatic N) is 1. The van der Waals surface area contributed by atoms with E-state index in [1.54, 1.807) is 7.11 Å². The van der Waals surface area contributed by atoms with Crippen molar-refractivity contribution >= 4 is 14.2 Å². The number of carbonyl (C=O) groups excluding carboxylic acids is 1. The SMILES string of the molecule is COc1ccc(CN(C(=O)C2=C(O[Si](C)(C)C(C)(C)C)C2)C(C)(C)C)cc1. The number of ether oxygens (including phenoxy) is 1. The van der Waals surface area contributed by atoms with Gasteiger partial charge >= 0.3 is 0 Å². The zero-order valence-corrected chi connectivity index (χ0v) is 19.4. The van der Waals surface area contributed by atoms with E-state index in [1.807, 2.05) is 29.2 Å². The Morgan fingerprint density at radius 2 is 1.63 bits per heavy atom. The van der Waals surface area contributed by atoms with Crippen molar-refractivity contribution in [2.24, 2.45) is 0 Å².